The molecule has 2 aromatic rings. The fourth-order valence-electron chi connectivity index (χ4n) is 2.70. The third-order valence-electron chi connectivity index (χ3n) is 3.90. The number of carbonyl (C=O) groups excluding carboxylic acids is 1. The Labute approximate surface area is 136 Å². The molecule has 0 spiro atoms. The average Bonchev–Trinajstić information content (AvgIpc) is 2.62. The lowest BCUT2D eigenvalue weighted by molar-refractivity contribution is -0.0133. The average molecular weight is 311 g/mol. The Morgan fingerprint density at radius 3 is 2.83 bits per heavy atom. The number of hydrogen-bond donors (Lipinski definition) is 1. The molecule has 0 radical (unpaired) electrons. The van der Waals surface area contributed by atoms with E-state index in [1.807, 2.05) is 35.2 Å². The molecule has 120 valence electrons. The minimum Gasteiger partial charge on any atom is -0.374 e. The number of morpholine rings is 1. The van der Waals surface area contributed by atoms with Crippen LogP contribution in [-0.4, -0.2) is 41.7 Å². The second kappa shape index (κ2) is 7.74. The number of aromatic nitrogens is 1. The van der Waals surface area contributed by atoms with Gasteiger partial charge in [0, 0.05) is 38.4 Å². The van der Waals surface area contributed by atoms with Gasteiger partial charge in [-0.1, -0.05) is 36.4 Å². The van der Waals surface area contributed by atoms with Crippen LogP contribution in [0.4, 0.5) is 4.79 Å². The number of pyridine rings is 1. The van der Waals surface area contributed by atoms with E-state index in [1.54, 1.807) is 12.4 Å². The van der Waals surface area contributed by atoms with E-state index >= 15 is 0 Å². The second-order valence-electron chi connectivity index (χ2n) is 5.65. The van der Waals surface area contributed by atoms with E-state index in [1.165, 1.54) is 5.56 Å². The number of amides is 2. The van der Waals surface area contributed by atoms with Gasteiger partial charge in [0.1, 0.15) is 0 Å². The Morgan fingerprint density at radius 2 is 2.04 bits per heavy atom. The molecule has 1 aliphatic rings. The number of hydrogen-bond acceptors (Lipinski definition) is 3. The summed E-state index contributed by atoms with van der Waals surface area (Å²) in [5.41, 5.74) is 2.23. The van der Waals surface area contributed by atoms with Gasteiger partial charge in [-0.2, -0.15) is 0 Å². The normalized spacial score (nSPS) is 17.7. The van der Waals surface area contributed by atoms with Crippen molar-refractivity contribution in [1.29, 1.82) is 0 Å². The summed E-state index contributed by atoms with van der Waals surface area (Å²) >= 11 is 0. The van der Waals surface area contributed by atoms with Crippen LogP contribution in [0.2, 0.25) is 0 Å². The molecule has 1 saturated heterocycles. The molecule has 1 N–H and O–H groups in total. The summed E-state index contributed by atoms with van der Waals surface area (Å²) in [6.45, 7) is 2.32. The van der Waals surface area contributed by atoms with Gasteiger partial charge >= 0.3 is 6.03 Å². The zero-order chi connectivity index (χ0) is 15.9. The third kappa shape index (κ3) is 4.53. The van der Waals surface area contributed by atoms with Crippen LogP contribution in [0.15, 0.2) is 54.9 Å². The van der Waals surface area contributed by atoms with Crippen molar-refractivity contribution >= 4 is 6.03 Å². The number of carbonyl (C=O) groups is 1. The molecule has 0 bridgehead atoms. The summed E-state index contributed by atoms with van der Waals surface area (Å²) in [4.78, 5) is 18.2. The Kier molecular flexibility index (Phi) is 5.21. The van der Waals surface area contributed by atoms with E-state index < -0.39 is 0 Å². The van der Waals surface area contributed by atoms with Gasteiger partial charge in [0.05, 0.1) is 12.7 Å². The molecule has 3 rings (SSSR count). The number of benzene rings is 1. The molecule has 2 amide bonds. The standard InChI is InChI=1S/C18H21N3O2/c22-18(20-13-16-7-4-8-19-12-16)21-9-10-23-17(14-21)11-15-5-2-1-3-6-15/h1-8,12,17H,9-11,13-14H2,(H,20,22). The zero-order valence-electron chi connectivity index (χ0n) is 13.0. The van der Waals surface area contributed by atoms with Gasteiger partial charge in [0.15, 0.2) is 0 Å². The van der Waals surface area contributed by atoms with Crippen molar-refractivity contribution in [1.82, 2.24) is 15.2 Å². The van der Waals surface area contributed by atoms with Crippen LogP contribution in [0.1, 0.15) is 11.1 Å². The van der Waals surface area contributed by atoms with E-state index in [0.29, 0.717) is 26.2 Å². The number of nitrogens with zero attached hydrogens (tertiary/aromatic N) is 2. The lowest BCUT2D eigenvalue weighted by atomic mass is 10.1. The zero-order valence-corrected chi connectivity index (χ0v) is 13.0. The van der Waals surface area contributed by atoms with Crippen molar-refractivity contribution in [2.75, 3.05) is 19.7 Å². The maximum atomic E-state index is 12.3. The highest BCUT2D eigenvalue weighted by molar-refractivity contribution is 5.74. The molecular weight excluding hydrogens is 290 g/mol. The minimum atomic E-state index is -0.0461. The molecule has 23 heavy (non-hydrogen) atoms. The highest BCUT2D eigenvalue weighted by Gasteiger charge is 2.24. The molecule has 1 fully saturated rings. The molecule has 1 unspecified atom stereocenters. The van der Waals surface area contributed by atoms with Crippen LogP contribution in [0.3, 0.4) is 0 Å². The summed E-state index contributed by atoms with van der Waals surface area (Å²) in [5.74, 6) is 0. The van der Waals surface area contributed by atoms with Gasteiger partial charge in [-0.3, -0.25) is 4.98 Å². The van der Waals surface area contributed by atoms with Crippen molar-refractivity contribution in [3.8, 4) is 0 Å². The quantitative estimate of drug-likeness (QED) is 0.942. The largest absolute Gasteiger partial charge is 0.374 e. The van der Waals surface area contributed by atoms with Crippen molar-refractivity contribution in [2.45, 2.75) is 19.1 Å². The first-order valence-electron chi connectivity index (χ1n) is 7.88. The number of urea groups is 1. The van der Waals surface area contributed by atoms with E-state index in [-0.39, 0.29) is 12.1 Å². The maximum Gasteiger partial charge on any atom is 0.317 e. The van der Waals surface area contributed by atoms with Gasteiger partial charge in [0.2, 0.25) is 0 Å². The molecule has 5 heteroatoms. The predicted octanol–water partition coefficient (Wildman–Crippen LogP) is 2.23. The Hall–Kier alpha value is -2.40. The summed E-state index contributed by atoms with van der Waals surface area (Å²) in [6, 6.07) is 14.0. The topological polar surface area (TPSA) is 54.5 Å². The van der Waals surface area contributed by atoms with Crippen molar-refractivity contribution in [3.05, 3.63) is 66.0 Å². The SMILES string of the molecule is O=C(NCc1cccnc1)N1CCOC(Cc2ccccc2)C1. The monoisotopic (exact) mass is 311 g/mol. The first-order valence-corrected chi connectivity index (χ1v) is 7.88. The third-order valence-corrected chi connectivity index (χ3v) is 3.90. The van der Waals surface area contributed by atoms with Crippen LogP contribution < -0.4 is 5.32 Å². The van der Waals surface area contributed by atoms with Crippen LogP contribution in [0, 0.1) is 0 Å². The molecule has 0 aliphatic carbocycles. The van der Waals surface area contributed by atoms with Crippen LogP contribution in [0.25, 0.3) is 0 Å². The van der Waals surface area contributed by atoms with Crippen molar-refractivity contribution in [3.63, 3.8) is 0 Å². The van der Waals surface area contributed by atoms with Crippen molar-refractivity contribution in [2.24, 2.45) is 0 Å². The van der Waals surface area contributed by atoms with E-state index in [4.69, 9.17) is 4.74 Å². The van der Waals surface area contributed by atoms with Gasteiger partial charge < -0.3 is 15.0 Å². The van der Waals surface area contributed by atoms with E-state index in [9.17, 15) is 4.79 Å². The number of nitrogens with one attached hydrogen (secondary N) is 1. The van der Waals surface area contributed by atoms with Gasteiger partial charge in [-0.25, -0.2) is 4.79 Å². The molecule has 1 atom stereocenters. The smallest absolute Gasteiger partial charge is 0.317 e. The summed E-state index contributed by atoms with van der Waals surface area (Å²) in [6.07, 6.45) is 4.36. The van der Waals surface area contributed by atoms with Crippen LogP contribution in [-0.2, 0) is 17.7 Å². The minimum absolute atomic E-state index is 0.0461. The lowest BCUT2D eigenvalue weighted by Crippen LogP contribution is -2.50. The molecule has 2 heterocycles. The van der Waals surface area contributed by atoms with E-state index in [2.05, 4.69) is 22.4 Å². The van der Waals surface area contributed by atoms with Gasteiger partial charge in [0.25, 0.3) is 0 Å². The fourth-order valence-corrected chi connectivity index (χ4v) is 2.70. The molecule has 1 aromatic heterocycles. The van der Waals surface area contributed by atoms with Gasteiger partial charge in [-0.15, -0.1) is 0 Å². The molecule has 0 saturated carbocycles. The Balaban J connectivity index is 1.50. The summed E-state index contributed by atoms with van der Waals surface area (Å²) in [7, 11) is 0. The Bertz CT molecular complexity index is 619. The second-order valence-corrected chi connectivity index (χ2v) is 5.65. The highest BCUT2D eigenvalue weighted by Crippen LogP contribution is 2.12. The fraction of sp³-hybridized carbons (Fsp3) is 0.333. The first-order chi connectivity index (χ1) is 11.3. The number of ether oxygens (including phenoxy) is 1. The first kappa shape index (κ1) is 15.5. The van der Waals surface area contributed by atoms with Crippen molar-refractivity contribution < 1.29 is 9.53 Å². The molecule has 1 aromatic carbocycles. The summed E-state index contributed by atoms with van der Waals surface area (Å²) < 4.78 is 5.79. The predicted molar refractivity (Wildman–Crippen MR) is 87.9 cm³/mol. The maximum absolute atomic E-state index is 12.3. The highest BCUT2D eigenvalue weighted by atomic mass is 16.5. The summed E-state index contributed by atoms with van der Waals surface area (Å²) in [5, 5.41) is 2.94. The molecule has 1 aliphatic heterocycles. The van der Waals surface area contributed by atoms with Crippen LogP contribution >= 0.6 is 0 Å². The Morgan fingerprint density at radius 1 is 1.22 bits per heavy atom. The van der Waals surface area contributed by atoms with Gasteiger partial charge in [-0.05, 0) is 17.2 Å². The number of rotatable bonds is 4. The molecule has 5 nitrogen and oxygen atoms in total. The molecular formula is C18H21N3O2. The van der Waals surface area contributed by atoms with Crippen LogP contribution in [0.5, 0.6) is 0 Å². The van der Waals surface area contributed by atoms with E-state index in [0.717, 1.165) is 12.0 Å². The lowest BCUT2D eigenvalue weighted by Gasteiger charge is -2.33.